The molecule has 2 N–H and O–H groups in total. The Morgan fingerprint density at radius 3 is 2.43 bits per heavy atom. The summed E-state index contributed by atoms with van der Waals surface area (Å²) >= 11 is 0. The molecule has 2 heterocycles. The highest BCUT2D eigenvalue weighted by molar-refractivity contribution is 5.85. The van der Waals surface area contributed by atoms with Gasteiger partial charge >= 0.3 is 6.18 Å². The summed E-state index contributed by atoms with van der Waals surface area (Å²) in [4.78, 5) is 13.1. The van der Waals surface area contributed by atoms with E-state index in [9.17, 15) is 23.1 Å². The van der Waals surface area contributed by atoms with Crippen molar-refractivity contribution in [3.8, 4) is 17.3 Å². The molecule has 1 aliphatic rings. The summed E-state index contributed by atoms with van der Waals surface area (Å²) in [6, 6.07) is 10.9. The Morgan fingerprint density at radius 1 is 1.29 bits per heavy atom. The Balaban J connectivity index is 1.65. The molecule has 1 amide bonds. The van der Waals surface area contributed by atoms with Crippen LogP contribution in [-0.4, -0.2) is 51.0 Å². The Kier molecular flexibility index (Phi) is 5.17. The van der Waals surface area contributed by atoms with Crippen molar-refractivity contribution in [3.63, 3.8) is 0 Å². The lowest BCUT2D eigenvalue weighted by atomic mass is 9.92. The summed E-state index contributed by atoms with van der Waals surface area (Å²) < 4.78 is 38.6. The van der Waals surface area contributed by atoms with Gasteiger partial charge in [-0.1, -0.05) is 12.1 Å². The summed E-state index contributed by atoms with van der Waals surface area (Å²) in [5.41, 5.74) is -0.440. The lowest BCUT2D eigenvalue weighted by Crippen LogP contribution is -2.57. The van der Waals surface area contributed by atoms with Gasteiger partial charge in [-0.3, -0.25) is 9.89 Å². The van der Waals surface area contributed by atoms with Gasteiger partial charge in [-0.25, -0.2) is 0 Å². The van der Waals surface area contributed by atoms with Gasteiger partial charge in [0.1, 0.15) is 0 Å². The Labute approximate surface area is 159 Å². The number of nitrogens with one attached hydrogen (secondary N) is 1. The van der Waals surface area contributed by atoms with E-state index in [2.05, 4.69) is 10.2 Å². The first-order chi connectivity index (χ1) is 13.1. The van der Waals surface area contributed by atoms with E-state index in [0.29, 0.717) is 31.0 Å². The van der Waals surface area contributed by atoms with Gasteiger partial charge in [-0.2, -0.15) is 23.5 Å². The Hall–Kier alpha value is -2.86. The second kappa shape index (κ2) is 7.28. The zero-order chi connectivity index (χ0) is 20.5. The van der Waals surface area contributed by atoms with Crippen LogP contribution in [0.5, 0.6) is 0 Å². The fourth-order valence-corrected chi connectivity index (χ4v) is 3.23. The van der Waals surface area contributed by atoms with Gasteiger partial charge in [0, 0.05) is 30.3 Å². The Bertz CT molecular complexity index is 889. The third-order valence-electron chi connectivity index (χ3n) is 5.10. The molecular weight excluding hydrogens is 373 g/mol. The van der Waals surface area contributed by atoms with Crippen LogP contribution in [0.4, 0.5) is 13.2 Å². The minimum Gasteiger partial charge on any atom is -0.373 e. The molecule has 0 bridgehead atoms. The minimum atomic E-state index is -5.01. The molecule has 0 radical (unpaired) electrons. The number of H-pyrrole nitrogens is 1. The molecular formula is C19H19F3N4O2. The van der Waals surface area contributed by atoms with Crippen LogP contribution in [0.3, 0.4) is 0 Å². The third-order valence-corrected chi connectivity index (χ3v) is 5.10. The van der Waals surface area contributed by atoms with Crippen LogP contribution in [0, 0.1) is 11.3 Å². The van der Waals surface area contributed by atoms with Crippen molar-refractivity contribution >= 4 is 5.91 Å². The molecule has 1 atom stereocenters. The maximum Gasteiger partial charge on any atom is 0.426 e. The van der Waals surface area contributed by atoms with Gasteiger partial charge in [0.25, 0.3) is 5.91 Å². The van der Waals surface area contributed by atoms with E-state index in [1.165, 1.54) is 0 Å². The van der Waals surface area contributed by atoms with E-state index in [4.69, 9.17) is 5.26 Å². The van der Waals surface area contributed by atoms with Gasteiger partial charge < -0.3 is 10.0 Å². The number of benzene rings is 1. The topological polar surface area (TPSA) is 93.0 Å². The van der Waals surface area contributed by atoms with Crippen molar-refractivity contribution < 1.29 is 23.1 Å². The van der Waals surface area contributed by atoms with E-state index in [1.54, 1.807) is 24.3 Å². The fourth-order valence-electron chi connectivity index (χ4n) is 3.23. The smallest absolute Gasteiger partial charge is 0.373 e. The number of rotatable bonds is 3. The summed E-state index contributed by atoms with van der Waals surface area (Å²) in [7, 11) is 0. The number of hydrogen-bond donors (Lipinski definition) is 2. The largest absolute Gasteiger partial charge is 0.426 e. The number of halogens is 3. The molecule has 9 heteroatoms. The molecule has 6 nitrogen and oxygen atoms in total. The summed E-state index contributed by atoms with van der Waals surface area (Å²) in [5, 5.41) is 25.6. The highest BCUT2D eigenvalue weighted by atomic mass is 19.4. The molecule has 1 fully saturated rings. The van der Waals surface area contributed by atoms with Gasteiger partial charge in [-0.05, 0) is 38.0 Å². The monoisotopic (exact) mass is 392 g/mol. The molecule has 0 spiro atoms. The molecule has 0 aliphatic carbocycles. The molecule has 1 aromatic heterocycles. The molecule has 0 unspecified atom stereocenters. The number of nitrogens with zero attached hydrogens (tertiary/aromatic N) is 3. The first-order valence-corrected chi connectivity index (χ1v) is 8.78. The number of amides is 1. The minimum absolute atomic E-state index is 0.0273. The Morgan fingerprint density at radius 2 is 1.89 bits per heavy atom. The second-order valence-electron chi connectivity index (χ2n) is 7.03. The molecule has 1 saturated heterocycles. The molecule has 1 aliphatic heterocycles. The average molecular weight is 392 g/mol. The lowest BCUT2D eigenvalue weighted by molar-refractivity contribution is -0.250. The highest BCUT2D eigenvalue weighted by Gasteiger charge is 2.57. The molecule has 0 saturated carbocycles. The molecule has 148 valence electrons. The van der Waals surface area contributed by atoms with Crippen LogP contribution in [0.15, 0.2) is 30.3 Å². The second-order valence-corrected chi connectivity index (χ2v) is 7.03. The van der Waals surface area contributed by atoms with Crippen molar-refractivity contribution in [2.45, 2.75) is 37.5 Å². The molecule has 3 rings (SSSR count). The summed E-state index contributed by atoms with van der Waals surface area (Å²) in [6.45, 7) is 0.738. The predicted octanol–water partition coefficient (Wildman–Crippen LogP) is 2.97. The summed E-state index contributed by atoms with van der Waals surface area (Å²) in [6.07, 6.45) is -4.08. The number of alkyl halides is 3. The zero-order valence-electron chi connectivity index (χ0n) is 15.1. The van der Waals surface area contributed by atoms with E-state index in [1.807, 2.05) is 12.1 Å². The van der Waals surface area contributed by atoms with Crippen LogP contribution in [-0.2, 0) is 4.79 Å². The van der Waals surface area contributed by atoms with Crippen LogP contribution >= 0.6 is 0 Å². The van der Waals surface area contributed by atoms with E-state index >= 15 is 0 Å². The number of piperidine rings is 1. The van der Waals surface area contributed by atoms with Gasteiger partial charge in [0.05, 0.1) is 17.3 Å². The predicted molar refractivity (Wildman–Crippen MR) is 94.0 cm³/mol. The number of carbonyl (C=O) groups is 1. The van der Waals surface area contributed by atoms with Gasteiger partial charge in [0.15, 0.2) is 0 Å². The van der Waals surface area contributed by atoms with Crippen LogP contribution in [0.2, 0.25) is 0 Å². The number of aromatic nitrogens is 2. The lowest BCUT2D eigenvalue weighted by Gasteiger charge is -2.36. The van der Waals surface area contributed by atoms with E-state index < -0.39 is 17.7 Å². The summed E-state index contributed by atoms with van der Waals surface area (Å²) in [5.74, 6) is -1.29. The molecule has 1 aromatic carbocycles. The SMILES string of the molecule is C[C@@](O)(C(=O)N1CCC(c2cc(-c3ccc(C#N)cc3)n[nH]2)CC1)C(F)(F)F. The number of nitriles is 1. The fraction of sp³-hybridized carbons (Fsp3) is 0.421. The van der Waals surface area contributed by atoms with E-state index in [0.717, 1.165) is 16.2 Å². The standard InChI is InChI=1S/C19H19F3N4O2/c1-18(28,19(20,21)22)17(27)26-8-6-14(7-9-26)16-10-15(24-25-16)13-4-2-12(11-23)3-5-13/h2-5,10,14,28H,6-9H2,1H3,(H,24,25)/t18-/m1/s1. The number of likely N-dealkylation sites (tertiary alicyclic amines) is 1. The van der Waals surface area contributed by atoms with Gasteiger partial charge in [0.2, 0.25) is 5.60 Å². The van der Waals surface area contributed by atoms with Crippen molar-refractivity contribution in [2.75, 3.05) is 13.1 Å². The van der Waals surface area contributed by atoms with Crippen molar-refractivity contribution in [2.24, 2.45) is 0 Å². The maximum absolute atomic E-state index is 12.9. The molecule has 2 aromatic rings. The number of aromatic amines is 1. The zero-order valence-corrected chi connectivity index (χ0v) is 15.1. The average Bonchev–Trinajstić information content (AvgIpc) is 3.17. The van der Waals surface area contributed by atoms with Crippen LogP contribution < -0.4 is 0 Å². The number of aliphatic hydroxyl groups is 1. The maximum atomic E-state index is 12.9. The number of hydrogen-bond acceptors (Lipinski definition) is 4. The normalized spacial score (nSPS) is 17.8. The van der Waals surface area contributed by atoms with Crippen LogP contribution in [0.1, 0.15) is 36.9 Å². The van der Waals surface area contributed by atoms with E-state index in [-0.39, 0.29) is 19.0 Å². The quantitative estimate of drug-likeness (QED) is 0.840. The first-order valence-electron chi connectivity index (χ1n) is 8.78. The van der Waals surface area contributed by atoms with Gasteiger partial charge in [-0.15, -0.1) is 0 Å². The van der Waals surface area contributed by atoms with Crippen molar-refractivity contribution in [1.82, 2.24) is 15.1 Å². The number of carbonyl (C=O) groups excluding carboxylic acids is 1. The van der Waals surface area contributed by atoms with Crippen LogP contribution in [0.25, 0.3) is 11.3 Å². The van der Waals surface area contributed by atoms with Crippen molar-refractivity contribution in [3.05, 3.63) is 41.6 Å². The third kappa shape index (κ3) is 3.73. The van der Waals surface area contributed by atoms with Crippen molar-refractivity contribution in [1.29, 1.82) is 5.26 Å². The first kappa shape index (κ1) is 19.9. The molecule has 28 heavy (non-hydrogen) atoms. The highest BCUT2D eigenvalue weighted by Crippen LogP contribution is 2.34.